The molecule has 0 saturated carbocycles. The fraction of sp³-hybridized carbons (Fsp3) is 0.727. The van der Waals surface area contributed by atoms with Crippen LogP contribution in [0.1, 0.15) is 31.4 Å². The van der Waals surface area contributed by atoms with Gasteiger partial charge < -0.3 is 9.84 Å². The van der Waals surface area contributed by atoms with E-state index in [1.165, 1.54) is 12.8 Å². The predicted octanol–water partition coefficient (Wildman–Crippen LogP) is 1.26. The average Bonchev–Trinajstić information content (AvgIpc) is 2.73. The summed E-state index contributed by atoms with van der Waals surface area (Å²) in [4.78, 5) is 0. The molecule has 0 amide bonds. The lowest BCUT2D eigenvalue weighted by atomic mass is 10.0. The smallest absolute Gasteiger partial charge is 0.234 e. The van der Waals surface area contributed by atoms with E-state index in [0.717, 1.165) is 13.0 Å². The Bertz CT molecular complexity index is 477. The van der Waals surface area contributed by atoms with Crippen molar-refractivity contribution in [2.75, 3.05) is 17.0 Å². The van der Waals surface area contributed by atoms with Crippen LogP contribution < -0.4 is 10.0 Å². The summed E-state index contributed by atoms with van der Waals surface area (Å²) in [6.07, 6.45) is 4.04. The summed E-state index contributed by atoms with van der Waals surface area (Å²) in [5.41, 5.74) is 0. The minimum absolute atomic E-state index is 0.108. The standard InChI is InChI=1S/C11H19N3O3S/c1-9-8-11(13-17-9)14-18(15,16)7-5-10-4-2-3-6-12-10/h8,10,12H,2-7H2,1H3,(H,13,14). The molecule has 18 heavy (non-hydrogen) atoms. The van der Waals surface area contributed by atoms with Gasteiger partial charge in [0.2, 0.25) is 10.0 Å². The molecule has 1 aliphatic heterocycles. The Kier molecular flexibility index (Phi) is 4.23. The second-order valence-electron chi connectivity index (χ2n) is 4.68. The molecule has 2 N–H and O–H groups in total. The number of sulfonamides is 1. The van der Waals surface area contributed by atoms with Crippen molar-refractivity contribution in [3.8, 4) is 0 Å². The molecule has 1 fully saturated rings. The molecule has 0 aromatic carbocycles. The molecule has 0 aliphatic carbocycles. The number of anilines is 1. The number of hydrogen-bond acceptors (Lipinski definition) is 5. The third kappa shape index (κ3) is 3.99. The predicted molar refractivity (Wildman–Crippen MR) is 68.9 cm³/mol. The summed E-state index contributed by atoms with van der Waals surface area (Å²) < 4.78 is 30.9. The Labute approximate surface area is 107 Å². The lowest BCUT2D eigenvalue weighted by molar-refractivity contribution is 0.392. The van der Waals surface area contributed by atoms with Gasteiger partial charge in [0.1, 0.15) is 5.76 Å². The minimum Gasteiger partial charge on any atom is -0.360 e. The first-order valence-corrected chi connectivity index (χ1v) is 7.87. The largest absolute Gasteiger partial charge is 0.360 e. The summed E-state index contributed by atoms with van der Waals surface area (Å²) in [6, 6.07) is 1.88. The molecule has 7 heteroatoms. The maximum absolute atomic E-state index is 11.8. The fourth-order valence-corrected chi connectivity index (χ4v) is 3.20. The second kappa shape index (κ2) is 5.71. The molecule has 1 atom stereocenters. The highest BCUT2D eigenvalue weighted by Gasteiger charge is 2.18. The molecule has 0 bridgehead atoms. The molecule has 1 aliphatic rings. The normalized spacial score (nSPS) is 20.8. The molecule has 1 aromatic heterocycles. The first kappa shape index (κ1) is 13.4. The maximum Gasteiger partial charge on any atom is 0.234 e. The molecular weight excluding hydrogens is 254 g/mol. The van der Waals surface area contributed by atoms with Gasteiger partial charge in [-0.05, 0) is 32.7 Å². The number of aryl methyl sites for hydroxylation is 1. The van der Waals surface area contributed by atoms with Crippen molar-refractivity contribution < 1.29 is 12.9 Å². The highest BCUT2D eigenvalue weighted by atomic mass is 32.2. The summed E-state index contributed by atoms with van der Waals surface area (Å²) in [7, 11) is -3.33. The molecule has 1 aromatic rings. The van der Waals surface area contributed by atoms with Crippen LogP contribution in [0.4, 0.5) is 5.82 Å². The van der Waals surface area contributed by atoms with Crippen LogP contribution in [-0.2, 0) is 10.0 Å². The number of hydrogen-bond donors (Lipinski definition) is 2. The van der Waals surface area contributed by atoms with Gasteiger partial charge >= 0.3 is 0 Å². The molecule has 2 heterocycles. The van der Waals surface area contributed by atoms with Crippen molar-refractivity contribution >= 4 is 15.8 Å². The molecule has 0 spiro atoms. The zero-order valence-corrected chi connectivity index (χ0v) is 11.3. The molecule has 1 saturated heterocycles. The van der Waals surface area contributed by atoms with Gasteiger partial charge in [0, 0.05) is 12.1 Å². The highest BCUT2D eigenvalue weighted by Crippen LogP contribution is 2.13. The molecule has 2 rings (SSSR count). The van der Waals surface area contributed by atoms with E-state index in [4.69, 9.17) is 4.52 Å². The molecule has 1 unspecified atom stereocenters. The number of nitrogens with zero attached hydrogens (tertiary/aromatic N) is 1. The third-order valence-electron chi connectivity index (χ3n) is 3.04. The van der Waals surface area contributed by atoms with Crippen LogP contribution in [0.5, 0.6) is 0 Å². The Morgan fingerprint density at radius 1 is 1.56 bits per heavy atom. The van der Waals surface area contributed by atoms with Gasteiger partial charge in [-0.3, -0.25) is 4.72 Å². The zero-order chi connectivity index (χ0) is 13.0. The van der Waals surface area contributed by atoms with Gasteiger partial charge in [0.25, 0.3) is 0 Å². The van der Waals surface area contributed by atoms with Crippen LogP contribution >= 0.6 is 0 Å². The maximum atomic E-state index is 11.8. The lowest BCUT2D eigenvalue weighted by Gasteiger charge is -2.23. The fourth-order valence-electron chi connectivity index (χ4n) is 2.09. The zero-order valence-electron chi connectivity index (χ0n) is 10.5. The van der Waals surface area contributed by atoms with Crippen LogP contribution in [-0.4, -0.2) is 31.9 Å². The van der Waals surface area contributed by atoms with E-state index in [1.54, 1.807) is 13.0 Å². The van der Waals surface area contributed by atoms with Crippen molar-refractivity contribution in [3.05, 3.63) is 11.8 Å². The highest BCUT2D eigenvalue weighted by molar-refractivity contribution is 7.92. The summed E-state index contributed by atoms with van der Waals surface area (Å²) in [6.45, 7) is 2.71. The van der Waals surface area contributed by atoms with Gasteiger partial charge in [-0.2, -0.15) is 0 Å². The van der Waals surface area contributed by atoms with Gasteiger partial charge in [-0.25, -0.2) is 8.42 Å². The monoisotopic (exact) mass is 273 g/mol. The van der Waals surface area contributed by atoms with E-state index in [9.17, 15) is 8.42 Å². The Morgan fingerprint density at radius 2 is 2.39 bits per heavy atom. The SMILES string of the molecule is Cc1cc(NS(=O)(=O)CCC2CCCCN2)no1. The van der Waals surface area contributed by atoms with Crippen LogP contribution in [0.3, 0.4) is 0 Å². The summed E-state index contributed by atoms with van der Waals surface area (Å²) in [5.74, 6) is 0.946. The third-order valence-corrected chi connectivity index (χ3v) is 4.33. The van der Waals surface area contributed by atoms with Crippen molar-refractivity contribution in [3.63, 3.8) is 0 Å². The number of aromatic nitrogens is 1. The molecular formula is C11H19N3O3S. The number of nitrogens with one attached hydrogen (secondary N) is 2. The Morgan fingerprint density at radius 3 is 3.00 bits per heavy atom. The van der Waals surface area contributed by atoms with Gasteiger partial charge in [-0.15, -0.1) is 0 Å². The first-order chi connectivity index (χ1) is 8.55. The van der Waals surface area contributed by atoms with Gasteiger partial charge in [0.05, 0.1) is 5.75 Å². The van der Waals surface area contributed by atoms with E-state index in [1.807, 2.05) is 0 Å². The van der Waals surface area contributed by atoms with Gasteiger partial charge in [0.15, 0.2) is 5.82 Å². The van der Waals surface area contributed by atoms with Crippen LogP contribution in [0.2, 0.25) is 0 Å². The van der Waals surface area contributed by atoms with Crippen molar-refractivity contribution in [2.24, 2.45) is 0 Å². The van der Waals surface area contributed by atoms with Crippen molar-refractivity contribution in [2.45, 2.75) is 38.6 Å². The quantitative estimate of drug-likeness (QED) is 0.843. The van der Waals surface area contributed by atoms with Crippen LogP contribution in [0.15, 0.2) is 10.6 Å². The van der Waals surface area contributed by atoms with E-state index < -0.39 is 10.0 Å². The topological polar surface area (TPSA) is 84.2 Å². The first-order valence-electron chi connectivity index (χ1n) is 6.22. The van der Waals surface area contributed by atoms with E-state index in [2.05, 4.69) is 15.2 Å². The number of piperidine rings is 1. The summed E-state index contributed by atoms with van der Waals surface area (Å²) in [5, 5.41) is 6.95. The molecule has 0 radical (unpaired) electrons. The number of rotatable bonds is 5. The molecule has 6 nitrogen and oxygen atoms in total. The minimum atomic E-state index is -3.33. The van der Waals surface area contributed by atoms with E-state index in [0.29, 0.717) is 18.2 Å². The molecule has 102 valence electrons. The Balaban J connectivity index is 1.83. The Hall–Kier alpha value is -1.08. The van der Waals surface area contributed by atoms with E-state index >= 15 is 0 Å². The van der Waals surface area contributed by atoms with E-state index in [-0.39, 0.29) is 11.6 Å². The van der Waals surface area contributed by atoms with Crippen molar-refractivity contribution in [1.29, 1.82) is 0 Å². The average molecular weight is 273 g/mol. The van der Waals surface area contributed by atoms with Crippen molar-refractivity contribution in [1.82, 2.24) is 10.5 Å². The van der Waals surface area contributed by atoms with Gasteiger partial charge in [-0.1, -0.05) is 11.6 Å². The lowest BCUT2D eigenvalue weighted by Crippen LogP contribution is -2.36. The summed E-state index contributed by atoms with van der Waals surface area (Å²) >= 11 is 0. The van der Waals surface area contributed by atoms with Crippen LogP contribution in [0, 0.1) is 6.92 Å². The van der Waals surface area contributed by atoms with Crippen LogP contribution in [0.25, 0.3) is 0 Å². The second-order valence-corrected chi connectivity index (χ2v) is 6.52.